The van der Waals surface area contributed by atoms with Crippen LogP contribution in [0, 0.1) is 46.3 Å². The summed E-state index contributed by atoms with van der Waals surface area (Å²) in [5.41, 5.74) is 2.53. The average Bonchev–Trinajstić information content (AvgIpc) is 3.46. The number of hydrogen-bond donors (Lipinski definition) is 0. The van der Waals surface area contributed by atoms with Gasteiger partial charge in [0.15, 0.2) is 0 Å². The van der Waals surface area contributed by atoms with Crippen molar-refractivity contribution >= 4 is 5.97 Å². The van der Waals surface area contributed by atoms with Gasteiger partial charge in [0, 0.05) is 12.8 Å². The lowest BCUT2D eigenvalue weighted by molar-refractivity contribution is -0.151. The Balaban J connectivity index is 1.04. The molecule has 294 valence electrons. The summed E-state index contributed by atoms with van der Waals surface area (Å²) in [7, 11) is 0. The number of hydrogen-bond acceptors (Lipinski definition) is 2. The van der Waals surface area contributed by atoms with Crippen LogP contribution in [0.25, 0.3) is 0 Å². The summed E-state index contributed by atoms with van der Waals surface area (Å²) in [4.78, 5) is 12.9. The monoisotopic (exact) mass is 707 g/mol. The third-order valence-electron chi connectivity index (χ3n) is 15.2. The number of carbonyl (C=O) groups is 1. The second-order valence-corrected chi connectivity index (χ2v) is 19.4. The summed E-state index contributed by atoms with van der Waals surface area (Å²) < 4.78 is 6.15. The zero-order valence-electron chi connectivity index (χ0n) is 35.1. The van der Waals surface area contributed by atoms with E-state index in [1.807, 2.05) is 0 Å². The fraction of sp³-hybridized carbons (Fsp3) is 0.898. The molecule has 2 nitrogen and oxygen atoms in total. The van der Waals surface area contributed by atoms with E-state index in [2.05, 4.69) is 59.8 Å². The highest BCUT2D eigenvalue weighted by molar-refractivity contribution is 5.69. The quantitative estimate of drug-likeness (QED) is 0.0537. The Morgan fingerprint density at radius 2 is 1.37 bits per heavy atom. The molecule has 0 amide bonds. The molecule has 4 unspecified atom stereocenters. The first-order valence-corrected chi connectivity index (χ1v) is 23.2. The van der Waals surface area contributed by atoms with Crippen LogP contribution >= 0.6 is 0 Å². The van der Waals surface area contributed by atoms with E-state index in [9.17, 15) is 4.79 Å². The number of carbonyl (C=O) groups excluding carboxylic acids is 1. The van der Waals surface area contributed by atoms with Crippen LogP contribution in [0.1, 0.15) is 228 Å². The van der Waals surface area contributed by atoms with Crippen molar-refractivity contribution in [2.75, 3.05) is 0 Å². The summed E-state index contributed by atoms with van der Waals surface area (Å²) in [5.74, 6) is 5.32. The lowest BCUT2D eigenvalue weighted by Gasteiger charge is -2.58. The van der Waals surface area contributed by atoms with E-state index < -0.39 is 0 Å². The molecule has 0 aliphatic heterocycles. The highest BCUT2D eigenvalue weighted by Crippen LogP contribution is 2.67. The standard InChI is InChI=1S/C49H86O2/c1-7-8-9-10-11-12-13-14-15-16-17-18-19-20-21-22-23-24-25-29-47(50)51-42-34-36-48(5)41(38-42)30-31-43-45-33-32-44(40(4)28-26-27-39(2)3)49(45,6)37-35-46(43)48/h14-15,30,39-40,42-46H,7-13,16-29,31-38H2,1-6H3/t40-,42?,43?,44-,45?,46?,48+,49-/m1/s1. The van der Waals surface area contributed by atoms with Crippen molar-refractivity contribution in [3.8, 4) is 0 Å². The third-order valence-corrected chi connectivity index (χ3v) is 15.2. The number of fused-ring (bicyclic) bond motifs is 5. The molecule has 4 aliphatic carbocycles. The summed E-state index contributed by atoms with van der Waals surface area (Å²) >= 11 is 0. The zero-order valence-corrected chi connectivity index (χ0v) is 35.1. The molecule has 51 heavy (non-hydrogen) atoms. The van der Waals surface area contributed by atoms with Gasteiger partial charge in [-0.3, -0.25) is 4.79 Å². The lowest BCUT2D eigenvalue weighted by Crippen LogP contribution is -2.51. The maximum atomic E-state index is 12.9. The largest absolute Gasteiger partial charge is 0.462 e. The molecule has 8 atom stereocenters. The zero-order chi connectivity index (χ0) is 36.5. The van der Waals surface area contributed by atoms with Gasteiger partial charge in [-0.2, -0.15) is 0 Å². The van der Waals surface area contributed by atoms with Crippen molar-refractivity contribution in [1.82, 2.24) is 0 Å². The van der Waals surface area contributed by atoms with E-state index in [-0.39, 0.29) is 12.1 Å². The van der Waals surface area contributed by atoms with Crippen molar-refractivity contribution in [1.29, 1.82) is 0 Å². The molecular weight excluding hydrogens is 621 g/mol. The number of ether oxygens (including phenoxy) is 1. The van der Waals surface area contributed by atoms with Crippen LogP contribution in [0.15, 0.2) is 23.8 Å². The van der Waals surface area contributed by atoms with Crippen molar-refractivity contribution in [3.63, 3.8) is 0 Å². The second kappa shape index (κ2) is 22.4. The molecule has 0 spiro atoms. The SMILES string of the molecule is CCCCCCCCC=CCCCCCCCCCCCC(=O)OC1CC[C@@]2(C)C(=CCC3C2CC[C@@]2(C)C3CC[C@@H]2[C@H](C)CCCC(C)C)C1. The van der Waals surface area contributed by atoms with Crippen molar-refractivity contribution in [2.24, 2.45) is 46.3 Å². The number of esters is 1. The van der Waals surface area contributed by atoms with Crippen molar-refractivity contribution in [2.45, 2.75) is 234 Å². The molecule has 3 fully saturated rings. The third kappa shape index (κ3) is 12.8. The summed E-state index contributed by atoms with van der Waals surface area (Å²) in [6, 6.07) is 0. The first-order chi connectivity index (χ1) is 24.7. The molecule has 0 bridgehead atoms. The number of allylic oxidation sites excluding steroid dienone is 3. The van der Waals surface area contributed by atoms with Crippen LogP contribution in [-0.2, 0) is 9.53 Å². The number of unbranched alkanes of at least 4 members (excludes halogenated alkanes) is 15. The normalized spacial score (nSPS) is 31.0. The van der Waals surface area contributed by atoms with Gasteiger partial charge in [-0.15, -0.1) is 0 Å². The smallest absolute Gasteiger partial charge is 0.306 e. The van der Waals surface area contributed by atoms with E-state index in [0.29, 0.717) is 17.3 Å². The first kappa shape index (κ1) is 42.7. The molecule has 0 aromatic heterocycles. The Bertz CT molecular complexity index is 1040. The highest BCUT2D eigenvalue weighted by atomic mass is 16.5. The lowest BCUT2D eigenvalue weighted by atomic mass is 9.47. The fourth-order valence-electron chi connectivity index (χ4n) is 12.0. The van der Waals surface area contributed by atoms with Gasteiger partial charge in [-0.25, -0.2) is 0 Å². The van der Waals surface area contributed by atoms with E-state index in [1.165, 1.54) is 161 Å². The molecule has 0 saturated heterocycles. The highest BCUT2D eigenvalue weighted by Gasteiger charge is 2.59. The van der Waals surface area contributed by atoms with Crippen LogP contribution in [0.2, 0.25) is 0 Å². The van der Waals surface area contributed by atoms with Gasteiger partial charge in [0.1, 0.15) is 6.10 Å². The van der Waals surface area contributed by atoms with Gasteiger partial charge in [-0.05, 0) is 123 Å². The maximum absolute atomic E-state index is 12.9. The van der Waals surface area contributed by atoms with Gasteiger partial charge in [0.25, 0.3) is 0 Å². The van der Waals surface area contributed by atoms with E-state index in [1.54, 1.807) is 5.57 Å². The molecule has 4 rings (SSSR count). The molecule has 3 saturated carbocycles. The van der Waals surface area contributed by atoms with Crippen LogP contribution in [-0.4, -0.2) is 12.1 Å². The van der Waals surface area contributed by atoms with Gasteiger partial charge >= 0.3 is 5.97 Å². The minimum Gasteiger partial charge on any atom is -0.462 e. The van der Waals surface area contributed by atoms with Gasteiger partial charge in [-0.1, -0.05) is 162 Å². The minimum atomic E-state index is 0.0619. The van der Waals surface area contributed by atoms with E-state index in [4.69, 9.17) is 4.74 Å². The second-order valence-electron chi connectivity index (χ2n) is 19.4. The molecule has 0 aromatic carbocycles. The van der Waals surface area contributed by atoms with Crippen molar-refractivity contribution in [3.05, 3.63) is 23.8 Å². The average molecular weight is 707 g/mol. The predicted molar refractivity (Wildman–Crippen MR) is 221 cm³/mol. The Labute approximate surface area is 318 Å². The molecule has 0 N–H and O–H groups in total. The number of rotatable bonds is 25. The van der Waals surface area contributed by atoms with Gasteiger partial charge in [0.2, 0.25) is 0 Å². The summed E-state index contributed by atoms with van der Waals surface area (Å²) in [6.07, 6.45) is 45.4. The van der Waals surface area contributed by atoms with Crippen molar-refractivity contribution < 1.29 is 9.53 Å². The molecule has 0 radical (unpaired) electrons. The van der Waals surface area contributed by atoms with Crippen LogP contribution in [0.5, 0.6) is 0 Å². The van der Waals surface area contributed by atoms with Crippen LogP contribution in [0.4, 0.5) is 0 Å². The van der Waals surface area contributed by atoms with Gasteiger partial charge in [0.05, 0.1) is 0 Å². The molecule has 0 aromatic rings. The van der Waals surface area contributed by atoms with Crippen LogP contribution < -0.4 is 0 Å². The molecule has 2 heteroatoms. The predicted octanol–water partition coefficient (Wildman–Crippen LogP) is 15.5. The maximum Gasteiger partial charge on any atom is 0.306 e. The minimum absolute atomic E-state index is 0.0619. The topological polar surface area (TPSA) is 26.3 Å². The molecular formula is C49H86O2. The Hall–Kier alpha value is -1.05. The summed E-state index contributed by atoms with van der Waals surface area (Å²) in [6.45, 7) is 15.0. The van der Waals surface area contributed by atoms with Crippen LogP contribution in [0.3, 0.4) is 0 Å². The Morgan fingerprint density at radius 3 is 2.02 bits per heavy atom. The fourth-order valence-corrected chi connectivity index (χ4v) is 12.0. The Kier molecular flexibility index (Phi) is 18.7. The Morgan fingerprint density at radius 1 is 0.745 bits per heavy atom. The van der Waals surface area contributed by atoms with E-state index >= 15 is 0 Å². The molecule has 4 aliphatic rings. The molecule has 0 heterocycles. The van der Waals surface area contributed by atoms with Gasteiger partial charge < -0.3 is 4.74 Å². The van der Waals surface area contributed by atoms with E-state index in [0.717, 1.165) is 54.8 Å². The first-order valence-electron chi connectivity index (χ1n) is 23.2. The summed E-state index contributed by atoms with van der Waals surface area (Å²) in [5, 5.41) is 0.